The van der Waals surface area contributed by atoms with Crippen LogP contribution in [0.15, 0.2) is 0 Å². The maximum absolute atomic E-state index is 12.4. The van der Waals surface area contributed by atoms with Gasteiger partial charge in [-0.3, -0.25) is 4.90 Å². The fourth-order valence-electron chi connectivity index (χ4n) is 3.19. The van der Waals surface area contributed by atoms with E-state index in [2.05, 4.69) is 6.07 Å². The van der Waals surface area contributed by atoms with Gasteiger partial charge in [-0.05, 0) is 33.6 Å². The second kappa shape index (κ2) is 5.64. The second-order valence-corrected chi connectivity index (χ2v) is 6.96. The normalized spacial score (nSPS) is 32.2. The number of aldehydes is 1. The molecule has 6 heteroatoms. The summed E-state index contributed by atoms with van der Waals surface area (Å²) in [5.74, 6) is 0. The molecular weight excluding hydrogens is 272 g/mol. The van der Waals surface area contributed by atoms with Gasteiger partial charge in [-0.1, -0.05) is 0 Å². The van der Waals surface area contributed by atoms with Gasteiger partial charge in [0.25, 0.3) is 0 Å². The Hall–Kier alpha value is -1.61. The van der Waals surface area contributed by atoms with Crippen molar-refractivity contribution in [3.05, 3.63) is 0 Å². The van der Waals surface area contributed by atoms with E-state index in [1.807, 2.05) is 20.8 Å². The average Bonchev–Trinajstić information content (AvgIpc) is 2.35. The Kier molecular flexibility index (Phi) is 4.24. The smallest absolute Gasteiger partial charge is 0.410 e. The highest BCUT2D eigenvalue weighted by Gasteiger charge is 2.49. The van der Waals surface area contributed by atoms with Crippen LogP contribution in [0.1, 0.15) is 40.0 Å². The Balaban J connectivity index is 2.18. The molecule has 2 saturated heterocycles. The van der Waals surface area contributed by atoms with E-state index in [4.69, 9.17) is 14.7 Å². The molecule has 0 aliphatic carbocycles. The SMILES string of the molecule is CC(C)(C)OC(=O)N1C2COCC1CC(C=O)(CC#N)C2. The van der Waals surface area contributed by atoms with Gasteiger partial charge in [-0.2, -0.15) is 5.26 Å². The third kappa shape index (κ3) is 3.35. The Labute approximate surface area is 125 Å². The van der Waals surface area contributed by atoms with E-state index in [0.717, 1.165) is 6.29 Å². The topological polar surface area (TPSA) is 79.6 Å². The van der Waals surface area contributed by atoms with Crippen LogP contribution in [0.25, 0.3) is 0 Å². The Bertz CT molecular complexity index is 449. The van der Waals surface area contributed by atoms with Crippen LogP contribution in [0.4, 0.5) is 4.79 Å². The van der Waals surface area contributed by atoms with E-state index in [1.165, 1.54) is 0 Å². The third-order valence-corrected chi connectivity index (χ3v) is 3.98. The number of carbonyl (C=O) groups excluding carboxylic acids is 2. The molecule has 0 N–H and O–H groups in total. The van der Waals surface area contributed by atoms with Crippen LogP contribution in [0.5, 0.6) is 0 Å². The maximum Gasteiger partial charge on any atom is 0.410 e. The second-order valence-electron chi connectivity index (χ2n) is 6.96. The summed E-state index contributed by atoms with van der Waals surface area (Å²) in [6, 6.07) is 1.69. The standard InChI is InChI=1S/C15H22N2O4/c1-14(2,3)21-13(19)17-11-6-15(10-18,4-5-16)7-12(17)9-20-8-11/h10-12H,4,6-9H2,1-3H3. The summed E-state index contributed by atoms with van der Waals surface area (Å²) in [5, 5.41) is 8.96. The predicted octanol–water partition coefficient (Wildman–Crippen LogP) is 1.88. The van der Waals surface area contributed by atoms with Crippen molar-refractivity contribution >= 4 is 12.4 Å². The number of hydrogen-bond acceptors (Lipinski definition) is 5. The van der Waals surface area contributed by atoms with Gasteiger partial charge in [0.05, 0.1) is 31.4 Å². The zero-order chi connectivity index (χ0) is 15.7. The van der Waals surface area contributed by atoms with E-state index in [1.54, 1.807) is 4.90 Å². The molecule has 1 amide bonds. The largest absolute Gasteiger partial charge is 0.444 e. The molecule has 2 atom stereocenters. The minimum Gasteiger partial charge on any atom is -0.444 e. The summed E-state index contributed by atoms with van der Waals surface area (Å²) in [6.45, 7) is 6.25. The lowest BCUT2D eigenvalue weighted by Gasteiger charge is -2.50. The molecule has 0 aromatic carbocycles. The van der Waals surface area contributed by atoms with Gasteiger partial charge >= 0.3 is 6.09 Å². The lowest BCUT2D eigenvalue weighted by molar-refractivity contribution is -0.134. The third-order valence-electron chi connectivity index (χ3n) is 3.98. The molecule has 0 saturated carbocycles. The zero-order valence-electron chi connectivity index (χ0n) is 12.8. The summed E-state index contributed by atoms with van der Waals surface area (Å²) in [7, 11) is 0. The Morgan fingerprint density at radius 2 is 2.00 bits per heavy atom. The van der Waals surface area contributed by atoms with Crippen molar-refractivity contribution < 1.29 is 19.1 Å². The number of amides is 1. The molecule has 2 unspecified atom stereocenters. The molecule has 2 aliphatic rings. The molecule has 116 valence electrons. The lowest BCUT2D eigenvalue weighted by atomic mass is 9.71. The fourth-order valence-corrected chi connectivity index (χ4v) is 3.19. The van der Waals surface area contributed by atoms with Crippen LogP contribution >= 0.6 is 0 Å². The lowest BCUT2D eigenvalue weighted by Crippen LogP contribution is -2.62. The van der Waals surface area contributed by atoms with Gasteiger partial charge < -0.3 is 14.3 Å². The Morgan fingerprint density at radius 3 is 2.43 bits per heavy atom. The van der Waals surface area contributed by atoms with Crippen molar-refractivity contribution in [2.75, 3.05) is 13.2 Å². The van der Waals surface area contributed by atoms with Crippen molar-refractivity contribution in [1.29, 1.82) is 5.26 Å². The first-order valence-corrected chi connectivity index (χ1v) is 7.22. The van der Waals surface area contributed by atoms with Crippen LogP contribution in [-0.2, 0) is 14.3 Å². The first-order chi connectivity index (χ1) is 9.80. The van der Waals surface area contributed by atoms with Crippen molar-refractivity contribution in [1.82, 2.24) is 4.90 Å². The van der Waals surface area contributed by atoms with Crippen LogP contribution < -0.4 is 0 Å². The van der Waals surface area contributed by atoms with E-state index in [0.29, 0.717) is 26.1 Å². The quantitative estimate of drug-likeness (QED) is 0.726. The average molecular weight is 294 g/mol. The van der Waals surface area contributed by atoms with Crippen LogP contribution in [0, 0.1) is 16.7 Å². The molecule has 2 heterocycles. The summed E-state index contributed by atoms with van der Waals surface area (Å²) in [6.07, 6.45) is 1.62. The highest BCUT2D eigenvalue weighted by molar-refractivity contribution is 5.70. The fraction of sp³-hybridized carbons (Fsp3) is 0.800. The van der Waals surface area contributed by atoms with Crippen LogP contribution in [0.3, 0.4) is 0 Å². The maximum atomic E-state index is 12.4. The number of nitriles is 1. The van der Waals surface area contributed by atoms with Crippen LogP contribution in [0.2, 0.25) is 0 Å². The van der Waals surface area contributed by atoms with Gasteiger partial charge in [0, 0.05) is 11.8 Å². The minimum atomic E-state index is -0.660. The molecule has 2 fully saturated rings. The zero-order valence-corrected chi connectivity index (χ0v) is 12.8. The molecule has 6 nitrogen and oxygen atoms in total. The van der Waals surface area contributed by atoms with Crippen molar-refractivity contribution in [3.63, 3.8) is 0 Å². The van der Waals surface area contributed by atoms with E-state index < -0.39 is 11.0 Å². The van der Waals surface area contributed by atoms with E-state index in [9.17, 15) is 9.59 Å². The number of ether oxygens (including phenoxy) is 2. The molecular formula is C15H22N2O4. The molecule has 0 spiro atoms. The van der Waals surface area contributed by atoms with Crippen molar-refractivity contribution in [3.8, 4) is 6.07 Å². The number of rotatable bonds is 2. The summed E-state index contributed by atoms with van der Waals surface area (Å²) in [4.78, 5) is 25.6. The van der Waals surface area contributed by atoms with Gasteiger partial charge in [-0.15, -0.1) is 0 Å². The number of morpholine rings is 1. The van der Waals surface area contributed by atoms with Crippen molar-refractivity contribution in [2.45, 2.75) is 57.7 Å². The molecule has 2 bridgehead atoms. The van der Waals surface area contributed by atoms with Gasteiger partial charge in [0.2, 0.25) is 0 Å². The highest BCUT2D eigenvalue weighted by Crippen LogP contribution is 2.41. The van der Waals surface area contributed by atoms with Crippen LogP contribution in [-0.4, -0.2) is 48.2 Å². The number of carbonyl (C=O) groups is 2. The van der Waals surface area contributed by atoms with Gasteiger partial charge in [0.1, 0.15) is 11.9 Å². The first kappa shape index (κ1) is 15.8. The summed E-state index contributed by atoms with van der Waals surface area (Å²) in [5.41, 5.74) is -1.22. The van der Waals surface area contributed by atoms with E-state index >= 15 is 0 Å². The molecule has 2 rings (SSSR count). The number of hydrogen-bond donors (Lipinski definition) is 0. The molecule has 0 radical (unpaired) electrons. The van der Waals surface area contributed by atoms with Gasteiger partial charge in [0.15, 0.2) is 0 Å². The summed E-state index contributed by atoms with van der Waals surface area (Å²) < 4.78 is 11.0. The monoisotopic (exact) mass is 294 g/mol. The Morgan fingerprint density at radius 1 is 1.43 bits per heavy atom. The number of nitrogens with zero attached hydrogens (tertiary/aromatic N) is 2. The van der Waals surface area contributed by atoms with E-state index in [-0.39, 0.29) is 24.6 Å². The molecule has 2 aliphatic heterocycles. The molecule has 21 heavy (non-hydrogen) atoms. The van der Waals surface area contributed by atoms with Crippen molar-refractivity contribution in [2.24, 2.45) is 5.41 Å². The van der Waals surface area contributed by atoms with Gasteiger partial charge in [-0.25, -0.2) is 4.79 Å². The minimum absolute atomic E-state index is 0.186. The predicted molar refractivity (Wildman–Crippen MR) is 74.4 cm³/mol. The number of fused-ring (bicyclic) bond motifs is 2. The highest BCUT2D eigenvalue weighted by atomic mass is 16.6. The summed E-state index contributed by atoms with van der Waals surface area (Å²) >= 11 is 0. The molecule has 0 aromatic rings. The first-order valence-electron chi connectivity index (χ1n) is 7.22. The molecule has 0 aromatic heterocycles. The number of piperidine rings is 1.